The molecule has 0 saturated heterocycles. The summed E-state index contributed by atoms with van der Waals surface area (Å²) in [5.74, 6) is -0.502. The second-order valence-corrected chi connectivity index (χ2v) is 7.60. The molecule has 0 spiro atoms. The van der Waals surface area contributed by atoms with Gasteiger partial charge in [0.25, 0.3) is 5.91 Å². The molecule has 0 atom stereocenters. The van der Waals surface area contributed by atoms with Crippen LogP contribution in [0.1, 0.15) is 15.2 Å². The Bertz CT molecular complexity index is 826. The Labute approximate surface area is 137 Å². The number of nitrogens with one attached hydrogen (secondary N) is 2. The van der Waals surface area contributed by atoms with Gasteiger partial charge in [0.2, 0.25) is 15.9 Å². The lowest BCUT2D eigenvalue weighted by Crippen LogP contribution is -2.18. The zero-order valence-corrected chi connectivity index (χ0v) is 13.8. The van der Waals surface area contributed by atoms with Crippen LogP contribution in [0.15, 0.2) is 40.6 Å². The van der Waals surface area contributed by atoms with Crippen LogP contribution in [0, 0.1) is 0 Å². The Morgan fingerprint density at radius 2 is 1.78 bits per heavy atom. The standard InChI is InChI=1S/C14H15N3O4S2/c1-16-14(19)9-2-4-10(5-3-9)17-12(18)8-11-6-7-13(22-11)23(15,20)21/h2-7H,8H2,1H3,(H,16,19)(H,17,18)(H2,15,20,21). The van der Waals surface area contributed by atoms with Crippen LogP contribution in [0.5, 0.6) is 0 Å². The first-order chi connectivity index (χ1) is 10.8. The molecular weight excluding hydrogens is 338 g/mol. The lowest BCUT2D eigenvalue weighted by molar-refractivity contribution is -0.115. The van der Waals surface area contributed by atoms with Crippen molar-refractivity contribution in [1.29, 1.82) is 0 Å². The molecule has 2 amide bonds. The third-order valence-electron chi connectivity index (χ3n) is 2.91. The number of thiophene rings is 1. The summed E-state index contributed by atoms with van der Waals surface area (Å²) in [4.78, 5) is 24.0. The number of anilines is 1. The molecule has 2 aromatic rings. The molecule has 23 heavy (non-hydrogen) atoms. The van der Waals surface area contributed by atoms with Gasteiger partial charge >= 0.3 is 0 Å². The zero-order valence-electron chi connectivity index (χ0n) is 12.2. The molecule has 0 aliphatic rings. The molecule has 2 rings (SSSR count). The summed E-state index contributed by atoms with van der Waals surface area (Å²) in [6, 6.07) is 9.36. The quantitative estimate of drug-likeness (QED) is 0.741. The van der Waals surface area contributed by atoms with E-state index in [-0.39, 0.29) is 22.4 Å². The van der Waals surface area contributed by atoms with Crippen molar-refractivity contribution in [2.45, 2.75) is 10.6 Å². The van der Waals surface area contributed by atoms with E-state index in [0.717, 1.165) is 11.3 Å². The number of primary sulfonamides is 1. The molecule has 0 bridgehead atoms. The average Bonchev–Trinajstić information content (AvgIpc) is 2.95. The molecule has 0 saturated carbocycles. The number of sulfonamides is 1. The van der Waals surface area contributed by atoms with E-state index in [1.54, 1.807) is 30.3 Å². The lowest BCUT2D eigenvalue weighted by atomic mass is 10.2. The maximum Gasteiger partial charge on any atom is 0.251 e. The van der Waals surface area contributed by atoms with Gasteiger partial charge in [-0.2, -0.15) is 0 Å². The van der Waals surface area contributed by atoms with Crippen LogP contribution in [0.25, 0.3) is 0 Å². The number of hydrogen-bond acceptors (Lipinski definition) is 5. The summed E-state index contributed by atoms with van der Waals surface area (Å²) in [5.41, 5.74) is 1.03. The fourth-order valence-corrected chi connectivity index (χ4v) is 3.60. The van der Waals surface area contributed by atoms with E-state index in [9.17, 15) is 18.0 Å². The normalized spacial score (nSPS) is 11.0. The molecule has 4 N–H and O–H groups in total. The molecule has 7 nitrogen and oxygen atoms in total. The summed E-state index contributed by atoms with van der Waals surface area (Å²) < 4.78 is 22.4. The average molecular weight is 353 g/mol. The van der Waals surface area contributed by atoms with Crippen molar-refractivity contribution in [2.75, 3.05) is 12.4 Å². The van der Waals surface area contributed by atoms with E-state index < -0.39 is 10.0 Å². The van der Waals surface area contributed by atoms with Crippen molar-refractivity contribution >= 4 is 38.9 Å². The summed E-state index contributed by atoms with van der Waals surface area (Å²) in [5, 5.41) is 10.2. The smallest absolute Gasteiger partial charge is 0.251 e. The van der Waals surface area contributed by atoms with Gasteiger partial charge in [0.1, 0.15) is 4.21 Å². The van der Waals surface area contributed by atoms with E-state index in [0.29, 0.717) is 16.1 Å². The van der Waals surface area contributed by atoms with Gasteiger partial charge < -0.3 is 10.6 Å². The third kappa shape index (κ3) is 4.62. The summed E-state index contributed by atoms with van der Waals surface area (Å²) >= 11 is 0.961. The van der Waals surface area contributed by atoms with Crippen LogP contribution in [0.2, 0.25) is 0 Å². The number of rotatable bonds is 5. The van der Waals surface area contributed by atoms with Gasteiger partial charge in [-0.15, -0.1) is 11.3 Å². The third-order valence-corrected chi connectivity index (χ3v) is 5.43. The highest BCUT2D eigenvalue weighted by Gasteiger charge is 2.13. The number of hydrogen-bond donors (Lipinski definition) is 3. The topological polar surface area (TPSA) is 118 Å². The minimum absolute atomic E-state index is 0.0234. The molecule has 1 aromatic heterocycles. The molecule has 0 radical (unpaired) electrons. The first kappa shape index (κ1) is 17.1. The number of amides is 2. The van der Waals surface area contributed by atoms with Crippen LogP contribution >= 0.6 is 11.3 Å². The van der Waals surface area contributed by atoms with Crippen LogP contribution in [-0.2, 0) is 21.2 Å². The number of carbonyl (C=O) groups excluding carboxylic acids is 2. The molecule has 0 unspecified atom stereocenters. The van der Waals surface area contributed by atoms with Crippen molar-refractivity contribution in [3.8, 4) is 0 Å². The molecule has 0 aliphatic heterocycles. The molecule has 1 heterocycles. The highest BCUT2D eigenvalue weighted by molar-refractivity contribution is 7.91. The molecule has 1 aromatic carbocycles. The van der Waals surface area contributed by atoms with Gasteiger partial charge in [0, 0.05) is 23.2 Å². The van der Waals surface area contributed by atoms with Crippen molar-refractivity contribution in [3.63, 3.8) is 0 Å². The molecule has 9 heteroatoms. The van der Waals surface area contributed by atoms with Crippen LogP contribution < -0.4 is 15.8 Å². The summed E-state index contributed by atoms with van der Waals surface area (Å²) in [6.45, 7) is 0. The molecule has 122 valence electrons. The first-order valence-corrected chi connectivity index (χ1v) is 8.89. The van der Waals surface area contributed by atoms with Crippen LogP contribution in [-0.4, -0.2) is 27.3 Å². The minimum Gasteiger partial charge on any atom is -0.355 e. The second kappa shape index (κ2) is 6.90. The number of carbonyl (C=O) groups is 2. The van der Waals surface area contributed by atoms with Gasteiger partial charge in [0.15, 0.2) is 0 Å². The molecule has 0 aliphatic carbocycles. The van der Waals surface area contributed by atoms with E-state index in [2.05, 4.69) is 10.6 Å². The van der Waals surface area contributed by atoms with Gasteiger partial charge in [-0.3, -0.25) is 9.59 Å². The first-order valence-electron chi connectivity index (χ1n) is 6.53. The minimum atomic E-state index is -3.74. The zero-order chi connectivity index (χ0) is 17.0. The summed E-state index contributed by atoms with van der Waals surface area (Å²) in [7, 11) is -2.21. The van der Waals surface area contributed by atoms with Crippen molar-refractivity contribution in [3.05, 3.63) is 46.8 Å². The Morgan fingerprint density at radius 1 is 1.13 bits per heavy atom. The second-order valence-electron chi connectivity index (χ2n) is 4.65. The predicted molar refractivity (Wildman–Crippen MR) is 87.9 cm³/mol. The summed E-state index contributed by atoms with van der Waals surface area (Å²) in [6.07, 6.45) is 0.0391. The van der Waals surface area contributed by atoms with Gasteiger partial charge in [-0.1, -0.05) is 0 Å². The van der Waals surface area contributed by atoms with Gasteiger partial charge in [0.05, 0.1) is 6.42 Å². The van der Waals surface area contributed by atoms with E-state index >= 15 is 0 Å². The monoisotopic (exact) mass is 353 g/mol. The molecule has 0 fully saturated rings. The SMILES string of the molecule is CNC(=O)c1ccc(NC(=O)Cc2ccc(S(N)(=O)=O)s2)cc1. The Balaban J connectivity index is 1.99. The maximum absolute atomic E-state index is 12.0. The van der Waals surface area contributed by atoms with E-state index in [4.69, 9.17) is 5.14 Å². The van der Waals surface area contributed by atoms with Crippen molar-refractivity contribution in [2.24, 2.45) is 5.14 Å². The fraction of sp³-hybridized carbons (Fsp3) is 0.143. The van der Waals surface area contributed by atoms with E-state index in [1.165, 1.54) is 13.1 Å². The Hall–Kier alpha value is -2.23. The van der Waals surface area contributed by atoms with Crippen molar-refractivity contribution < 1.29 is 18.0 Å². The van der Waals surface area contributed by atoms with Gasteiger partial charge in [-0.05, 0) is 36.4 Å². The number of benzene rings is 1. The van der Waals surface area contributed by atoms with Crippen LogP contribution in [0.3, 0.4) is 0 Å². The van der Waals surface area contributed by atoms with Crippen molar-refractivity contribution in [1.82, 2.24) is 5.32 Å². The highest BCUT2D eigenvalue weighted by Crippen LogP contribution is 2.21. The predicted octanol–water partition coefficient (Wildman–Crippen LogP) is 0.936. The fourth-order valence-electron chi connectivity index (χ4n) is 1.82. The van der Waals surface area contributed by atoms with Gasteiger partial charge in [-0.25, -0.2) is 13.6 Å². The lowest BCUT2D eigenvalue weighted by Gasteiger charge is -2.05. The highest BCUT2D eigenvalue weighted by atomic mass is 32.2. The van der Waals surface area contributed by atoms with Crippen LogP contribution in [0.4, 0.5) is 5.69 Å². The number of nitrogens with two attached hydrogens (primary N) is 1. The molecular formula is C14H15N3O4S2. The van der Waals surface area contributed by atoms with E-state index in [1.807, 2.05) is 0 Å². The Morgan fingerprint density at radius 3 is 2.30 bits per heavy atom. The maximum atomic E-state index is 12.0. The Kier molecular flexibility index (Phi) is 5.14. The largest absolute Gasteiger partial charge is 0.355 e.